The first-order valence-electron chi connectivity index (χ1n) is 8.87. The summed E-state index contributed by atoms with van der Waals surface area (Å²) in [7, 11) is 1.42. The molecule has 150 valence electrons. The number of aromatic nitrogens is 2. The van der Waals surface area contributed by atoms with Crippen molar-refractivity contribution in [2.45, 2.75) is 25.3 Å². The van der Waals surface area contributed by atoms with Crippen molar-refractivity contribution in [3.05, 3.63) is 41.8 Å². The summed E-state index contributed by atoms with van der Waals surface area (Å²) in [4.78, 5) is 30.4. The predicted octanol–water partition coefficient (Wildman–Crippen LogP) is 1.67. The van der Waals surface area contributed by atoms with Crippen molar-refractivity contribution in [3.8, 4) is 0 Å². The van der Waals surface area contributed by atoms with E-state index in [-0.39, 0.29) is 30.7 Å². The molecule has 1 aliphatic rings. The van der Waals surface area contributed by atoms with Gasteiger partial charge in [-0.3, -0.25) is 4.79 Å². The highest BCUT2D eigenvalue weighted by molar-refractivity contribution is 5.89. The van der Waals surface area contributed by atoms with E-state index in [9.17, 15) is 14.0 Å². The number of rotatable bonds is 5. The number of benzene rings is 1. The third kappa shape index (κ3) is 4.63. The molecule has 10 heteroatoms. The lowest BCUT2D eigenvalue weighted by Crippen LogP contribution is -2.54. The molecule has 3 amide bonds. The zero-order valence-electron chi connectivity index (χ0n) is 15.6. The van der Waals surface area contributed by atoms with Gasteiger partial charge in [-0.2, -0.15) is 4.98 Å². The van der Waals surface area contributed by atoms with Crippen LogP contribution >= 0.6 is 0 Å². The number of para-hydroxylation sites is 1. The van der Waals surface area contributed by atoms with Gasteiger partial charge in [0.2, 0.25) is 11.8 Å². The van der Waals surface area contributed by atoms with Crippen LogP contribution in [0.15, 0.2) is 28.8 Å². The first-order valence-corrected chi connectivity index (χ1v) is 8.87. The number of halogens is 1. The van der Waals surface area contributed by atoms with E-state index < -0.39 is 17.9 Å². The van der Waals surface area contributed by atoms with Crippen LogP contribution in [0.4, 0.5) is 14.9 Å². The minimum atomic E-state index is -0.517. The largest absolute Gasteiger partial charge is 0.375 e. The van der Waals surface area contributed by atoms with Crippen molar-refractivity contribution < 1.29 is 23.2 Å². The fourth-order valence-corrected chi connectivity index (χ4v) is 3.18. The highest BCUT2D eigenvalue weighted by Gasteiger charge is 2.36. The number of anilines is 1. The van der Waals surface area contributed by atoms with Gasteiger partial charge in [-0.15, -0.1) is 0 Å². The average molecular weight is 391 g/mol. The standard InChI is InChI=1S/C18H22FN5O4/c1-11-20-17(28-23-11)12-7-8-24(9-15(12)21-16(25)10-27-2)18(26)22-14-6-4-3-5-13(14)19/h3-6,12,15H,7-10H2,1-2H3,(H,21,25)(H,22,26)/t12-,15+/m0/s1. The van der Waals surface area contributed by atoms with E-state index in [4.69, 9.17) is 9.26 Å². The van der Waals surface area contributed by atoms with Crippen molar-refractivity contribution in [1.29, 1.82) is 0 Å². The Labute approximate surface area is 161 Å². The molecule has 0 spiro atoms. The average Bonchev–Trinajstić information content (AvgIpc) is 3.10. The van der Waals surface area contributed by atoms with Crippen LogP contribution in [-0.2, 0) is 9.53 Å². The van der Waals surface area contributed by atoms with E-state index in [2.05, 4.69) is 20.8 Å². The number of hydrogen-bond donors (Lipinski definition) is 2. The van der Waals surface area contributed by atoms with Gasteiger partial charge in [0.05, 0.1) is 17.6 Å². The monoisotopic (exact) mass is 391 g/mol. The lowest BCUT2D eigenvalue weighted by molar-refractivity contribution is -0.126. The number of likely N-dealkylation sites (tertiary alicyclic amines) is 1. The third-order valence-electron chi connectivity index (χ3n) is 4.50. The van der Waals surface area contributed by atoms with Crippen molar-refractivity contribution in [2.24, 2.45) is 0 Å². The van der Waals surface area contributed by atoms with E-state index in [1.807, 2.05) is 0 Å². The molecule has 2 aromatic rings. The maximum Gasteiger partial charge on any atom is 0.321 e. The lowest BCUT2D eigenvalue weighted by Gasteiger charge is -2.37. The van der Waals surface area contributed by atoms with Crippen LogP contribution < -0.4 is 10.6 Å². The number of urea groups is 1. The number of ether oxygens (including phenoxy) is 1. The van der Waals surface area contributed by atoms with Crippen LogP contribution in [0.25, 0.3) is 0 Å². The van der Waals surface area contributed by atoms with Gasteiger partial charge in [0.1, 0.15) is 12.4 Å². The summed E-state index contributed by atoms with van der Waals surface area (Å²) < 4.78 is 23.9. The number of nitrogens with zero attached hydrogens (tertiary/aromatic N) is 3. The Morgan fingerprint density at radius 3 is 2.86 bits per heavy atom. The van der Waals surface area contributed by atoms with Crippen LogP contribution in [0.1, 0.15) is 24.1 Å². The fraction of sp³-hybridized carbons (Fsp3) is 0.444. The second kappa shape index (κ2) is 8.79. The number of piperidine rings is 1. The Morgan fingerprint density at radius 1 is 1.39 bits per heavy atom. The molecule has 0 saturated carbocycles. The molecule has 1 fully saturated rings. The minimum absolute atomic E-state index is 0.0992. The number of nitrogens with one attached hydrogen (secondary N) is 2. The summed E-state index contributed by atoms with van der Waals surface area (Å²) in [6.07, 6.45) is 0.504. The first kappa shape index (κ1) is 19.7. The van der Waals surface area contributed by atoms with Gasteiger partial charge >= 0.3 is 6.03 Å². The van der Waals surface area contributed by atoms with Gasteiger partial charge in [-0.25, -0.2) is 9.18 Å². The number of amides is 3. The van der Waals surface area contributed by atoms with E-state index >= 15 is 0 Å². The molecule has 1 aromatic carbocycles. The highest BCUT2D eigenvalue weighted by atomic mass is 19.1. The highest BCUT2D eigenvalue weighted by Crippen LogP contribution is 2.28. The van der Waals surface area contributed by atoms with Crippen LogP contribution in [0.2, 0.25) is 0 Å². The Bertz CT molecular complexity index is 843. The molecule has 9 nitrogen and oxygen atoms in total. The van der Waals surface area contributed by atoms with E-state index in [0.717, 1.165) is 0 Å². The maximum absolute atomic E-state index is 13.8. The predicted molar refractivity (Wildman–Crippen MR) is 97.2 cm³/mol. The molecule has 2 atom stereocenters. The molecular formula is C18H22FN5O4. The minimum Gasteiger partial charge on any atom is -0.375 e. The second-order valence-electron chi connectivity index (χ2n) is 6.54. The van der Waals surface area contributed by atoms with E-state index in [1.54, 1.807) is 19.1 Å². The molecule has 0 bridgehead atoms. The van der Waals surface area contributed by atoms with Gasteiger partial charge < -0.3 is 24.8 Å². The molecule has 3 rings (SSSR count). The quantitative estimate of drug-likeness (QED) is 0.802. The topological polar surface area (TPSA) is 110 Å². The van der Waals surface area contributed by atoms with Crippen LogP contribution in [0.3, 0.4) is 0 Å². The van der Waals surface area contributed by atoms with Gasteiger partial charge in [-0.05, 0) is 25.5 Å². The molecule has 2 heterocycles. The fourth-order valence-electron chi connectivity index (χ4n) is 3.18. The first-order chi connectivity index (χ1) is 13.5. The van der Waals surface area contributed by atoms with Gasteiger partial charge in [0.15, 0.2) is 5.82 Å². The SMILES string of the molecule is COCC(=O)N[C@@H]1CN(C(=O)Nc2ccccc2F)CC[C@@H]1c1nc(C)no1. The Hall–Kier alpha value is -3.01. The van der Waals surface area contributed by atoms with Crippen LogP contribution in [-0.4, -0.2) is 59.8 Å². The van der Waals surface area contributed by atoms with Crippen molar-refractivity contribution in [3.63, 3.8) is 0 Å². The number of hydrogen-bond acceptors (Lipinski definition) is 6. The molecular weight excluding hydrogens is 369 g/mol. The summed E-state index contributed by atoms with van der Waals surface area (Å²) in [5, 5.41) is 9.21. The molecule has 0 radical (unpaired) electrons. The van der Waals surface area contributed by atoms with Gasteiger partial charge in [0.25, 0.3) is 0 Å². The summed E-state index contributed by atoms with van der Waals surface area (Å²) in [5.74, 6) is -0.160. The molecule has 1 aromatic heterocycles. The summed E-state index contributed by atoms with van der Waals surface area (Å²) in [6, 6.07) is 5.05. The second-order valence-corrected chi connectivity index (χ2v) is 6.54. The molecule has 1 saturated heterocycles. The van der Waals surface area contributed by atoms with Crippen LogP contribution in [0.5, 0.6) is 0 Å². The Kier molecular flexibility index (Phi) is 6.19. The lowest BCUT2D eigenvalue weighted by atomic mass is 9.91. The summed E-state index contributed by atoms with van der Waals surface area (Å²) in [5.41, 5.74) is 0.0992. The third-order valence-corrected chi connectivity index (χ3v) is 4.50. The van der Waals surface area contributed by atoms with E-state index in [1.165, 1.54) is 24.1 Å². The Morgan fingerprint density at radius 2 is 2.18 bits per heavy atom. The maximum atomic E-state index is 13.8. The molecule has 0 aliphatic carbocycles. The smallest absolute Gasteiger partial charge is 0.321 e. The van der Waals surface area contributed by atoms with E-state index in [0.29, 0.717) is 24.7 Å². The zero-order chi connectivity index (χ0) is 20.1. The number of aryl methyl sites for hydroxylation is 1. The zero-order valence-corrected chi connectivity index (χ0v) is 15.6. The van der Waals surface area contributed by atoms with Crippen molar-refractivity contribution in [1.82, 2.24) is 20.4 Å². The Balaban J connectivity index is 1.72. The number of carbonyl (C=O) groups is 2. The van der Waals surface area contributed by atoms with Gasteiger partial charge in [-0.1, -0.05) is 17.3 Å². The summed E-state index contributed by atoms with van der Waals surface area (Å²) in [6.45, 7) is 2.21. The number of methoxy groups -OCH3 is 1. The van der Waals surface area contributed by atoms with Crippen molar-refractivity contribution >= 4 is 17.6 Å². The van der Waals surface area contributed by atoms with Crippen LogP contribution in [0, 0.1) is 12.7 Å². The number of carbonyl (C=O) groups excluding carboxylic acids is 2. The molecule has 28 heavy (non-hydrogen) atoms. The molecule has 2 N–H and O–H groups in total. The molecule has 1 aliphatic heterocycles. The van der Waals surface area contributed by atoms with Crippen molar-refractivity contribution in [2.75, 3.05) is 32.1 Å². The normalized spacial score (nSPS) is 19.3. The summed E-state index contributed by atoms with van der Waals surface area (Å²) >= 11 is 0. The molecule has 0 unspecified atom stereocenters. The van der Waals surface area contributed by atoms with Gasteiger partial charge in [0, 0.05) is 20.2 Å².